The number of nitrogens with zero attached hydrogens (tertiary/aromatic N) is 3. The van der Waals surface area contributed by atoms with Gasteiger partial charge in [0.2, 0.25) is 0 Å². The van der Waals surface area contributed by atoms with Gasteiger partial charge in [-0.2, -0.15) is 0 Å². The first kappa shape index (κ1) is 19.1. The van der Waals surface area contributed by atoms with Crippen molar-refractivity contribution in [2.75, 3.05) is 0 Å². The number of halogens is 2. The molecule has 4 rings (SSSR count). The molecule has 0 bridgehead atoms. The minimum Gasteiger partial charge on any atom is -0.298 e. The molecule has 0 aliphatic heterocycles. The van der Waals surface area contributed by atoms with Crippen LogP contribution in [0.2, 0.25) is 10.0 Å². The summed E-state index contributed by atoms with van der Waals surface area (Å²) in [5, 5.41) is 13.4. The summed E-state index contributed by atoms with van der Waals surface area (Å²) >= 11 is 16.1. The normalized spacial score (nSPS) is 13.6. The number of benzene rings is 1. The van der Waals surface area contributed by atoms with Crippen LogP contribution in [-0.2, 0) is 25.1 Å². The third kappa shape index (κ3) is 3.83. The van der Waals surface area contributed by atoms with Crippen molar-refractivity contribution in [2.24, 2.45) is 0 Å². The second-order valence-electron chi connectivity index (χ2n) is 6.45. The molecule has 7 heteroatoms. The van der Waals surface area contributed by atoms with Crippen molar-refractivity contribution in [1.82, 2.24) is 14.8 Å². The molecular weight excluding hydrogens is 417 g/mol. The number of fused-ring (bicyclic) bond motifs is 1. The summed E-state index contributed by atoms with van der Waals surface area (Å²) in [4.78, 5) is 1.50. The number of hydrogen-bond acceptors (Lipinski definition) is 4. The molecule has 0 saturated heterocycles. The number of allylic oxidation sites excluding steroid dienone is 1. The molecule has 3 aromatic rings. The van der Waals surface area contributed by atoms with E-state index >= 15 is 0 Å². The molecule has 140 valence electrons. The Balaban J connectivity index is 1.65. The molecule has 0 amide bonds. The fourth-order valence-electron chi connectivity index (χ4n) is 3.38. The lowest BCUT2D eigenvalue weighted by Gasteiger charge is -2.13. The zero-order valence-electron chi connectivity index (χ0n) is 14.8. The van der Waals surface area contributed by atoms with Crippen LogP contribution >= 0.6 is 46.3 Å². The van der Waals surface area contributed by atoms with Gasteiger partial charge in [-0.25, -0.2) is 0 Å². The molecule has 0 fully saturated rings. The molecule has 2 heterocycles. The van der Waals surface area contributed by atoms with Gasteiger partial charge in [0.1, 0.15) is 0 Å². The fraction of sp³-hybridized carbons (Fsp3) is 0.300. The maximum absolute atomic E-state index is 6.31. The minimum atomic E-state index is 0.648. The minimum absolute atomic E-state index is 0.648. The van der Waals surface area contributed by atoms with Crippen molar-refractivity contribution >= 4 is 46.3 Å². The van der Waals surface area contributed by atoms with Crippen LogP contribution in [0.4, 0.5) is 0 Å². The summed E-state index contributed by atoms with van der Waals surface area (Å²) in [6.45, 7) is 4.58. The van der Waals surface area contributed by atoms with E-state index in [4.69, 9.17) is 23.2 Å². The Kier molecular flexibility index (Phi) is 5.93. The Morgan fingerprint density at radius 3 is 2.74 bits per heavy atom. The first-order valence-electron chi connectivity index (χ1n) is 8.88. The number of hydrogen-bond donors (Lipinski definition) is 0. The van der Waals surface area contributed by atoms with Crippen LogP contribution in [-0.4, -0.2) is 14.8 Å². The molecule has 0 atom stereocenters. The Hall–Kier alpha value is -1.27. The van der Waals surface area contributed by atoms with Crippen LogP contribution in [0, 0.1) is 0 Å². The van der Waals surface area contributed by atoms with Gasteiger partial charge >= 0.3 is 0 Å². The molecule has 0 N–H and O–H groups in total. The van der Waals surface area contributed by atoms with Gasteiger partial charge in [-0.1, -0.05) is 47.1 Å². The molecule has 0 spiro atoms. The topological polar surface area (TPSA) is 30.7 Å². The molecule has 3 nitrogen and oxygen atoms in total. The Labute approximate surface area is 177 Å². The van der Waals surface area contributed by atoms with Gasteiger partial charge in [-0.15, -0.1) is 28.1 Å². The fourth-order valence-corrected chi connectivity index (χ4v) is 6.19. The van der Waals surface area contributed by atoms with Gasteiger partial charge < -0.3 is 0 Å². The molecule has 2 aromatic heterocycles. The monoisotopic (exact) mass is 435 g/mol. The number of rotatable bonds is 6. The van der Waals surface area contributed by atoms with Crippen LogP contribution in [0.3, 0.4) is 0 Å². The van der Waals surface area contributed by atoms with Crippen LogP contribution in [0.5, 0.6) is 0 Å². The predicted octanol–water partition coefficient (Wildman–Crippen LogP) is 6.67. The van der Waals surface area contributed by atoms with E-state index in [2.05, 4.69) is 26.7 Å². The van der Waals surface area contributed by atoms with E-state index < -0.39 is 0 Å². The van der Waals surface area contributed by atoms with Crippen molar-refractivity contribution in [1.29, 1.82) is 0 Å². The van der Waals surface area contributed by atoms with Crippen LogP contribution < -0.4 is 0 Å². The Morgan fingerprint density at radius 1 is 1.19 bits per heavy atom. The van der Waals surface area contributed by atoms with Crippen molar-refractivity contribution in [3.05, 3.63) is 62.3 Å². The zero-order chi connectivity index (χ0) is 18.8. The molecule has 0 unspecified atom stereocenters. The standard InChI is InChI=1S/C20H19Cl2N3S2/c1-2-10-25-19(14-11-26-18-9-4-3-6-13(14)18)23-24-20(25)27-12-15-16(21)7-5-8-17(15)22/h2,5,7-8,11H,1,3-4,6,9-10,12H2. The van der Waals surface area contributed by atoms with Gasteiger partial charge in [0, 0.05) is 38.2 Å². The van der Waals surface area contributed by atoms with E-state index in [1.807, 2.05) is 35.6 Å². The van der Waals surface area contributed by atoms with Crippen molar-refractivity contribution in [2.45, 2.75) is 43.1 Å². The lowest BCUT2D eigenvalue weighted by atomic mass is 9.95. The third-order valence-corrected chi connectivity index (χ3v) is 7.53. The van der Waals surface area contributed by atoms with Crippen LogP contribution in [0.25, 0.3) is 11.4 Å². The van der Waals surface area contributed by atoms with Gasteiger partial charge in [0.05, 0.1) is 0 Å². The highest BCUT2D eigenvalue weighted by Gasteiger charge is 2.22. The van der Waals surface area contributed by atoms with E-state index in [-0.39, 0.29) is 0 Å². The first-order valence-corrected chi connectivity index (χ1v) is 11.5. The van der Waals surface area contributed by atoms with E-state index in [1.165, 1.54) is 35.3 Å². The summed E-state index contributed by atoms with van der Waals surface area (Å²) in [5.74, 6) is 1.58. The van der Waals surface area contributed by atoms with E-state index in [0.717, 1.165) is 23.0 Å². The SMILES string of the molecule is C=CCn1c(SCc2c(Cl)cccc2Cl)nnc1-c1csc2c1CCCC2. The molecule has 27 heavy (non-hydrogen) atoms. The third-order valence-electron chi connectivity index (χ3n) is 4.74. The Morgan fingerprint density at radius 2 is 1.96 bits per heavy atom. The van der Waals surface area contributed by atoms with E-state index in [9.17, 15) is 0 Å². The summed E-state index contributed by atoms with van der Waals surface area (Å²) < 4.78 is 2.14. The quantitative estimate of drug-likeness (QED) is 0.319. The maximum Gasteiger partial charge on any atom is 0.192 e. The highest BCUT2D eigenvalue weighted by Crippen LogP contribution is 2.37. The smallest absolute Gasteiger partial charge is 0.192 e. The molecule has 0 radical (unpaired) electrons. The molecule has 1 aromatic carbocycles. The maximum atomic E-state index is 6.31. The predicted molar refractivity (Wildman–Crippen MR) is 116 cm³/mol. The summed E-state index contributed by atoms with van der Waals surface area (Å²) in [6, 6.07) is 5.58. The Bertz CT molecular complexity index is 958. The van der Waals surface area contributed by atoms with Crippen LogP contribution in [0.15, 0.2) is 41.4 Å². The number of thioether (sulfide) groups is 1. The van der Waals surface area contributed by atoms with E-state index in [0.29, 0.717) is 22.3 Å². The van der Waals surface area contributed by atoms with Gasteiger partial charge in [0.25, 0.3) is 0 Å². The highest BCUT2D eigenvalue weighted by molar-refractivity contribution is 7.98. The number of thiophene rings is 1. The summed E-state index contributed by atoms with van der Waals surface area (Å²) in [5.41, 5.74) is 3.61. The highest BCUT2D eigenvalue weighted by atomic mass is 35.5. The largest absolute Gasteiger partial charge is 0.298 e. The average Bonchev–Trinajstić information content (AvgIpc) is 3.26. The van der Waals surface area contributed by atoms with Crippen molar-refractivity contribution < 1.29 is 0 Å². The molecule has 1 aliphatic rings. The second kappa shape index (κ2) is 8.39. The van der Waals surface area contributed by atoms with Gasteiger partial charge in [0.15, 0.2) is 11.0 Å². The van der Waals surface area contributed by atoms with Gasteiger partial charge in [-0.05, 0) is 48.9 Å². The summed E-state index contributed by atoms with van der Waals surface area (Å²) in [6.07, 6.45) is 6.73. The summed E-state index contributed by atoms with van der Waals surface area (Å²) in [7, 11) is 0. The van der Waals surface area contributed by atoms with Crippen LogP contribution in [0.1, 0.15) is 28.8 Å². The lowest BCUT2D eigenvalue weighted by molar-refractivity contribution is 0.694. The number of aryl methyl sites for hydroxylation is 1. The lowest BCUT2D eigenvalue weighted by Crippen LogP contribution is -2.04. The van der Waals surface area contributed by atoms with Crippen molar-refractivity contribution in [3.63, 3.8) is 0 Å². The molecular formula is C20H19Cl2N3S2. The average molecular weight is 436 g/mol. The zero-order valence-corrected chi connectivity index (χ0v) is 17.9. The first-order chi connectivity index (χ1) is 13.2. The molecule has 1 aliphatic carbocycles. The second-order valence-corrected chi connectivity index (χ2v) is 9.17. The van der Waals surface area contributed by atoms with Crippen molar-refractivity contribution in [3.8, 4) is 11.4 Å². The number of aromatic nitrogens is 3. The van der Waals surface area contributed by atoms with E-state index in [1.54, 1.807) is 11.8 Å². The molecule has 0 saturated carbocycles. The van der Waals surface area contributed by atoms with Gasteiger partial charge in [-0.3, -0.25) is 4.57 Å².